The first kappa shape index (κ1) is 18.3. The quantitative estimate of drug-likeness (QED) is 0.638. The molecule has 1 fully saturated rings. The molecule has 0 radical (unpaired) electrons. The van der Waals surface area contributed by atoms with Gasteiger partial charge in [-0.25, -0.2) is 4.98 Å². The maximum Gasteiger partial charge on any atom is 0.260 e. The molecular weight excluding hydrogens is 374 g/mol. The molecule has 28 heavy (non-hydrogen) atoms. The smallest absolute Gasteiger partial charge is 0.260 e. The Kier molecular flexibility index (Phi) is 5.72. The number of para-hydroxylation sites is 1. The van der Waals surface area contributed by atoms with Crippen molar-refractivity contribution >= 4 is 22.4 Å². The van der Waals surface area contributed by atoms with Crippen LogP contribution >= 0.6 is 11.3 Å². The lowest BCUT2D eigenvalue weighted by Crippen LogP contribution is -2.50. The zero-order valence-electron chi connectivity index (χ0n) is 15.4. The monoisotopic (exact) mass is 395 g/mol. The van der Waals surface area contributed by atoms with Crippen LogP contribution in [0.5, 0.6) is 17.2 Å². The second-order valence-corrected chi connectivity index (χ2v) is 7.23. The van der Waals surface area contributed by atoms with Gasteiger partial charge in [0, 0.05) is 37.8 Å². The maximum atomic E-state index is 12.4. The summed E-state index contributed by atoms with van der Waals surface area (Å²) in [7, 11) is 0. The van der Waals surface area contributed by atoms with Crippen LogP contribution in [0.15, 0.2) is 66.2 Å². The summed E-state index contributed by atoms with van der Waals surface area (Å²) in [5.41, 5.74) is 0. The van der Waals surface area contributed by atoms with Crippen LogP contribution in [0.25, 0.3) is 0 Å². The van der Waals surface area contributed by atoms with Gasteiger partial charge in [0.2, 0.25) is 0 Å². The van der Waals surface area contributed by atoms with Gasteiger partial charge in [0.25, 0.3) is 5.91 Å². The molecule has 7 heteroatoms. The highest BCUT2D eigenvalue weighted by Crippen LogP contribution is 2.23. The van der Waals surface area contributed by atoms with Crippen LogP contribution in [0, 0.1) is 0 Å². The van der Waals surface area contributed by atoms with E-state index in [-0.39, 0.29) is 12.5 Å². The molecule has 0 atom stereocenters. The Morgan fingerprint density at radius 1 is 0.929 bits per heavy atom. The standard InChI is InChI=1S/C21H21N3O3S/c25-20(23-11-13-24(14-12-23)21-22-10-15-28-21)16-26-17-6-8-19(9-7-17)27-18-4-2-1-3-5-18/h1-10,15H,11-14,16H2. The number of carbonyl (C=O) groups excluding carboxylic acids is 1. The zero-order valence-corrected chi connectivity index (χ0v) is 16.2. The highest BCUT2D eigenvalue weighted by Gasteiger charge is 2.22. The van der Waals surface area contributed by atoms with Gasteiger partial charge >= 0.3 is 0 Å². The van der Waals surface area contributed by atoms with Gasteiger partial charge in [-0.15, -0.1) is 11.3 Å². The molecule has 3 aromatic rings. The maximum absolute atomic E-state index is 12.4. The molecule has 0 bridgehead atoms. The summed E-state index contributed by atoms with van der Waals surface area (Å²) in [6.07, 6.45) is 1.81. The van der Waals surface area contributed by atoms with E-state index in [1.807, 2.05) is 71.1 Å². The van der Waals surface area contributed by atoms with Crippen molar-refractivity contribution in [2.24, 2.45) is 0 Å². The predicted octanol–water partition coefficient (Wildman–Crippen LogP) is 3.66. The molecule has 0 N–H and O–H groups in total. The van der Waals surface area contributed by atoms with Gasteiger partial charge in [-0.1, -0.05) is 18.2 Å². The highest BCUT2D eigenvalue weighted by atomic mass is 32.1. The molecule has 2 aromatic carbocycles. The third-order valence-corrected chi connectivity index (χ3v) is 5.32. The fourth-order valence-electron chi connectivity index (χ4n) is 2.98. The van der Waals surface area contributed by atoms with Crippen molar-refractivity contribution in [3.63, 3.8) is 0 Å². The first-order valence-electron chi connectivity index (χ1n) is 9.16. The van der Waals surface area contributed by atoms with Crippen molar-refractivity contribution < 1.29 is 14.3 Å². The number of benzene rings is 2. The summed E-state index contributed by atoms with van der Waals surface area (Å²) < 4.78 is 11.4. The van der Waals surface area contributed by atoms with Crippen molar-refractivity contribution in [1.82, 2.24) is 9.88 Å². The number of amides is 1. The second kappa shape index (κ2) is 8.75. The Bertz CT molecular complexity index is 877. The fourth-order valence-corrected chi connectivity index (χ4v) is 3.68. The van der Waals surface area contributed by atoms with Crippen LogP contribution in [-0.4, -0.2) is 48.6 Å². The molecular formula is C21H21N3O3S. The van der Waals surface area contributed by atoms with Gasteiger partial charge in [-0.05, 0) is 36.4 Å². The first-order chi connectivity index (χ1) is 13.8. The van der Waals surface area contributed by atoms with Crippen LogP contribution in [0.2, 0.25) is 0 Å². The number of nitrogens with zero attached hydrogens (tertiary/aromatic N) is 3. The molecule has 1 saturated heterocycles. The van der Waals surface area contributed by atoms with Gasteiger partial charge in [-0.2, -0.15) is 0 Å². The van der Waals surface area contributed by atoms with Gasteiger partial charge < -0.3 is 19.3 Å². The molecule has 6 nitrogen and oxygen atoms in total. The molecule has 2 heterocycles. The average molecular weight is 395 g/mol. The number of aromatic nitrogens is 1. The van der Waals surface area contributed by atoms with E-state index in [1.165, 1.54) is 0 Å². The number of rotatable bonds is 6. The van der Waals surface area contributed by atoms with E-state index < -0.39 is 0 Å². The minimum Gasteiger partial charge on any atom is -0.484 e. The van der Waals surface area contributed by atoms with E-state index in [2.05, 4.69) is 9.88 Å². The van der Waals surface area contributed by atoms with Crippen molar-refractivity contribution in [3.8, 4) is 17.2 Å². The summed E-state index contributed by atoms with van der Waals surface area (Å²) >= 11 is 1.62. The molecule has 1 aromatic heterocycles. The summed E-state index contributed by atoms with van der Waals surface area (Å²) in [5.74, 6) is 2.16. The lowest BCUT2D eigenvalue weighted by Gasteiger charge is -2.34. The molecule has 144 valence electrons. The average Bonchev–Trinajstić information content (AvgIpc) is 3.29. The van der Waals surface area contributed by atoms with Crippen LogP contribution in [0.4, 0.5) is 5.13 Å². The Morgan fingerprint density at radius 3 is 2.29 bits per heavy atom. The van der Waals surface area contributed by atoms with Crippen LogP contribution in [0.3, 0.4) is 0 Å². The lowest BCUT2D eigenvalue weighted by molar-refractivity contribution is -0.133. The zero-order chi connectivity index (χ0) is 19.2. The normalized spacial score (nSPS) is 14.0. The topological polar surface area (TPSA) is 54.9 Å². The molecule has 1 aliphatic rings. The van der Waals surface area contributed by atoms with Gasteiger partial charge in [-0.3, -0.25) is 4.79 Å². The van der Waals surface area contributed by atoms with Crippen LogP contribution in [-0.2, 0) is 4.79 Å². The largest absolute Gasteiger partial charge is 0.484 e. The minimum atomic E-state index is 0.00315. The number of hydrogen-bond acceptors (Lipinski definition) is 6. The molecule has 0 saturated carbocycles. The Morgan fingerprint density at radius 2 is 1.61 bits per heavy atom. The van der Waals surface area contributed by atoms with Crippen molar-refractivity contribution in [2.45, 2.75) is 0 Å². The van der Waals surface area contributed by atoms with Gasteiger partial charge in [0.05, 0.1) is 0 Å². The molecule has 1 aliphatic heterocycles. The highest BCUT2D eigenvalue weighted by molar-refractivity contribution is 7.13. The Hall–Kier alpha value is -3.06. The van der Waals surface area contributed by atoms with E-state index in [9.17, 15) is 4.79 Å². The first-order valence-corrected chi connectivity index (χ1v) is 10.0. The van der Waals surface area contributed by atoms with Crippen molar-refractivity contribution in [2.75, 3.05) is 37.7 Å². The van der Waals surface area contributed by atoms with Crippen molar-refractivity contribution in [3.05, 3.63) is 66.2 Å². The van der Waals surface area contributed by atoms with Crippen LogP contribution < -0.4 is 14.4 Å². The van der Waals surface area contributed by atoms with E-state index in [0.717, 1.165) is 29.7 Å². The number of hydrogen-bond donors (Lipinski definition) is 0. The SMILES string of the molecule is O=C(COc1ccc(Oc2ccccc2)cc1)N1CCN(c2nccs2)CC1. The fraction of sp³-hybridized carbons (Fsp3) is 0.238. The van der Waals surface area contributed by atoms with Crippen LogP contribution in [0.1, 0.15) is 0 Å². The third kappa shape index (κ3) is 4.61. The predicted molar refractivity (Wildman–Crippen MR) is 109 cm³/mol. The number of thiazole rings is 1. The molecule has 0 aliphatic carbocycles. The van der Waals surface area contributed by atoms with E-state index in [4.69, 9.17) is 9.47 Å². The number of piperazine rings is 1. The summed E-state index contributed by atoms with van der Waals surface area (Å²) in [6, 6.07) is 16.9. The number of anilines is 1. The third-order valence-electron chi connectivity index (χ3n) is 4.49. The summed E-state index contributed by atoms with van der Waals surface area (Å²) in [5, 5.41) is 2.98. The Labute approximate surface area is 167 Å². The van der Waals surface area contributed by atoms with E-state index in [0.29, 0.717) is 18.8 Å². The van der Waals surface area contributed by atoms with E-state index in [1.54, 1.807) is 11.3 Å². The number of carbonyl (C=O) groups is 1. The van der Waals surface area contributed by atoms with E-state index >= 15 is 0 Å². The second-order valence-electron chi connectivity index (χ2n) is 6.36. The van der Waals surface area contributed by atoms with Gasteiger partial charge in [0.1, 0.15) is 17.2 Å². The Balaban J connectivity index is 1.23. The summed E-state index contributed by atoms with van der Waals surface area (Å²) in [6.45, 7) is 3.00. The van der Waals surface area contributed by atoms with Gasteiger partial charge in [0.15, 0.2) is 11.7 Å². The van der Waals surface area contributed by atoms with Crippen molar-refractivity contribution in [1.29, 1.82) is 0 Å². The lowest BCUT2D eigenvalue weighted by atomic mass is 10.3. The molecule has 0 unspecified atom stereocenters. The molecule has 1 amide bonds. The summed E-state index contributed by atoms with van der Waals surface area (Å²) in [4.78, 5) is 20.8. The molecule has 4 rings (SSSR count). The molecule has 0 spiro atoms. The minimum absolute atomic E-state index is 0.00315. The number of ether oxygens (including phenoxy) is 2.